The molecule has 0 amide bonds. The van der Waals surface area contributed by atoms with Crippen LogP contribution in [0, 0.1) is 6.92 Å². The van der Waals surface area contributed by atoms with E-state index in [1.165, 1.54) is 9.75 Å². The standard InChI is InChI=1S/C13H13Cl2NS/c1-8-3-4-13(17-8)9(2)16-12-6-10(14)5-11(15)7-12/h3-7,9,16H,1-2H3. The SMILES string of the molecule is Cc1ccc(C(C)Nc2cc(Cl)cc(Cl)c2)s1. The van der Waals surface area contributed by atoms with Crippen LogP contribution in [0.4, 0.5) is 5.69 Å². The van der Waals surface area contributed by atoms with Gasteiger partial charge in [-0.05, 0) is 44.2 Å². The number of hydrogen-bond donors (Lipinski definition) is 1. The molecular formula is C13H13Cl2NS. The second kappa shape index (κ2) is 5.30. The van der Waals surface area contributed by atoms with Gasteiger partial charge < -0.3 is 5.32 Å². The minimum absolute atomic E-state index is 0.253. The molecule has 0 radical (unpaired) electrons. The van der Waals surface area contributed by atoms with Crippen LogP contribution in [-0.2, 0) is 0 Å². The Hall–Kier alpha value is -0.700. The minimum atomic E-state index is 0.253. The van der Waals surface area contributed by atoms with E-state index in [-0.39, 0.29) is 6.04 Å². The lowest BCUT2D eigenvalue weighted by atomic mass is 10.2. The molecule has 1 N–H and O–H groups in total. The summed E-state index contributed by atoms with van der Waals surface area (Å²) in [6.07, 6.45) is 0. The third-order valence-electron chi connectivity index (χ3n) is 2.43. The van der Waals surface area contributed by atoms with E-state index in [2.05, 4.69) is 31.3 Å². The van der Waals surface area contributed by atoms with E-state index in [4.69, 9.17) is 23.2 Å². The molecule has 1 aromatic carbocycles. The van der Waals surface area contributed by atoms with Crippen molar-refractivity contribution >= 4 is 40.2 Å². The number of thiophene rings is 1. The van der Waals surface area contributed by atoms with Crippen LogP contribution in [0.1, 0.15) is 22.7 Å². The largest absolute Gasteiger partial charge is 0.378 e. The maximum atomic E-state index is 5.96. The van der Waals surface area contributed by atoms with Crippen LogP contribution in [-0.4, -0.2) is 0 Å². The molecule has 90 valence electrons. The molecule has 0 saturated carbocycles. The first kappa shape index (κ1) is 12.7. The highest BCUT2D eigenvalue weighted by molar-refractivity contribution is 7.12. The van der Waals surface area contributed by atoms with Crippen molar-refractivity contribution in [2.24, 2.45) is 0 Å². The van der Waals surface area contributed by atoms with Gasteiger partial charge in [0.1, 0.15) is 0 Å². The zero-order chi connectivity index (χ0) is 12.4. The normalized spacial score (nSPS) is 12.5. The summed E-state index contributed by atoms with van der Waals surface area (Å²) in [5, 5.41) is 4.69. The van der Waals surface area contributed by atoms with E-state index in [1.54, 1.807) is 17.4 Å². The van der Waals surface area contributed by atoms with Crippen LogP contribution < -0.4 is 5.32 Å². The number of aryl methyl sites for hydroxylation is 1. The number of halogens is 2. The molecule has 0 saturated heterocycles. The Kier molecular flexibility index (Phi) is 3.97. The highest BCUT2D eigenvalue weighted by atomic mass is 35.5. The molecule has 2 aromatic rings. The van der Waals surface area contributed by atoms with E-state index >= 15 is 0 Å². The van der Waals surface area contributed by atoms with E-state index in [0.717, 1.165) is 5.69 Å². The first-order valence-electron chi connectivity index (χ1n) is 5.33. The fourth-order valence-electron chi connectivity index (χ4n) is 1.64. The number of benzene rings is 1. The Labute approximate surface area is 115 Å². The van der Waals surface area contributed by atoms with Crippen molar-refractivity contribution in [3.8, 4) is 0 Å². The second-order valence-corrected chi connectivity index (χ2v) is 6.16. The lowest BCUT2D eigenvalue weighted by Gasteiger charge is -2.14. The topological polar surface area (TPSA) is 12.0 Å². The van der Waals surface area contributed by atoms with Gasteiger partial charge in [0.05, 0.1) is 6.04 Å². The molecule has 1 aromatic heterocycles. The summed E-state index contributed by atoms with van der Waals surface area (Å²) in [5.41, 5.74) is 0.945. The Bertz CT molecular complexity index is 502. The summed E-state index contributed by atoms with van der Waals surface area (Å²) >= 11 is 13.7. The average Bonchev–Trinajstić information content (AvgIpc) is 2.63. The van der Waals surface area contributed by atoms with Crippen molar-refractivity contribution in [1.82, 2.24) is 0 Å². The van der Waals surface area contributed by atoms with Crippen molar-refractivity contribution in [1.29, 1.82) is 0 Å². The summed E-state index contributed by atoms with van der Waals surface area (Å²) in [4.78, 5) is 2.62. The lowest BCUT2D eigenvalue weighted by Crippen LogP contribution is -2.04. The van der Waals surface area contributed by atoms with Gasteiger partial charge in [0.2, 0.25) is 0 Å². The van der Waals surface area contributed by atoms with Gasteiger partial charge in [-0.15, -0.1) is 11.3 Å². The molecular weight excluding hydrogens is 273 g/mol. The minimum Gasteiger partial charge on any atom is -0.378 e. The third kappa shape index (κ3) is 3.38. The van der Waals surface area contributed by atoms with Crippen LogP contribution in [0.25, 0.3) is 0 Å². The zero-order valence-corrected chi connectivity index (χ0v) is 12.0. The molecule has 17 heavy (non-hydrogen) atoms. The Morgan fingerprint density at radius 2 is 1.76 bits per heavy atom. The zero-order valence-electron chi connectivity index (χ0n) is 9.63. The molecule has 0 bridgehead atoms. The Balaban J connectivity index is 2.15. The first-order chi connectivity index (χ1) is 8.04. The molecule has 0 aliphatic heterocycles. The molecule has 1 unspecified atom stereocenters. The second-order valence-electron chi connectivity index (χ2n) is 3.97. The smallest absolute Gasteiger partial charge is 0.0578 e. The van der Waals surface area contributed by atoms with Gasteiger partial charge >= 0.3 is 0 Å². The van der Waals surface area contributed by atoms with Gasteiger partial charge in [0, 0.05) is 25.5 Å². The molecule has 0 fully saturated rings. The monoisotopic (exact) mass is 285 g/mol. The van der Waals surface area contributed by atoms with Gasteiger partial charge in [-0.25, -0.2) is 0 Å². The van der Waals surface area contributed by atoms with Crippen molar-refractivity contribution in [3.63, 3.8) is 0 Å². The van der Waals surface area contributed by atoms with Crippen molar-refractivity contribution in [2.75, 3.05) is 5.32 Å². The molecule has 0 aliphatic rings. The van der Waals surface area contributed by atoms with E-state index in [0.29, 0.717) is 10.0 Å². The van der Waals surface area contributed by atoms with Gasteiger partial charge in [0.15, 0.2) is 0 Å². The number of hydrogen-bond acceptors (Lipinski definition) is 2. The third-order valence-corrected chi connectivity index (χ3v) is 4.05. The number of anilines is 1. The molecule has 0 aliphatic carbocycles. The molecule has 4 heteroatoms. The molecule has 1 atom stereocenters. The van der Waals surface area contributed by atoms with E-state index in [1.807, 2.05) is 12.1 Å². The first-order valence-corrected chi connectivity index (χ1v) is 6.91. The van der Waals surface area contributed by atoms with Crippen LogP contribution in [0.2, 0.25) is 10.0 Å². The lowest BCUT2D eigenvalue weighted by molar-refractivity contribution is 0.908. The fourth-order valence-corrected chi connectivity index (χ4v) is 3.05. The summed E-state index contributed by atoms with van der Waals surface area (Å²) in [5.74, 6) is 0. The van der Waals surface area contributed by atoms with Crippen LogP contribution in [0.5, 0.6) is 0 Å². The fraction of sp³-hybridized carbons (Fsp3) is 0.231. The molecule has 1 heterocycles. The van der Waals surface area contributed by atoms with E-state index < -0.39 is 0 Å². The maximum Gasteiger partial charge on any atom is 0.0578 e. The van der Waals surface area contributed by atoms with Gasteiger partial charge in [-0.2, -0.15) is 0 Å². The predicted octanol–water partition coefficient (Wildman–Crippen LogP) is 5.54. The van der Waals surface area contributed by atoms with Crippen molar-refractivity contribution in [2.45, 2.75) is 19.9 Å². The Morgan fingerprint density at radius 3 is 2.29 bits per heavy atom. The summed E-state index contributed by atoms with van der Waals surface area (Å²) in [6.45, 7) is 4.23. The van der Waals surface area contributed by atoms with Gasteiger partial charge in [-0.1, -0.05) is 23.2 Å². The summed E-state index contributed by atoms with van der Waals surface area (Å²) < 4.78 is 0. The maximum absolute atomic E-state index is 5.96. The van der Waals surface area contributed by atoms with Crippen LogP contribution in [0.15, 0.2) is 30.3 Å². The van der Waals surface area contributed by atoms with Gasteiger partial charge in [0.25, 0.3) is 0 Å². The summed E-state index contributed by atoms with van der Waals surface area (Å²) in [7, 11) is 0. The highest BCUT2D eigenvalue weighted by Gasteiger charge is 2.08. The molecule has 2 rings (SSSR count). The number of nitrogens with one attached hydrogen (secondary N) is 1. The average molecular weight is 286 g/mol. The van der Waals surface area contributed by atoms with Crippen LogP contribution in [0.3, 0.4) is 0 Å². The van der Waals surface area contributed by atoms with Gasteiger partial charge in [-0.3, -0.25) is 0 Å². The highest BCUT2D eigenvalue weighted by Crippen LogP contribution is 2.28. The quantitative estimate of drug-likeness (QED) is 0.781. The summed E-state index contributed by atoms with van der Waals surface area (Å²) in [6, 6.07) is 10.0. The van der Waals surface area contributed by atoms with E-state index in [9.17, 15) is 0 Å². The van der Waals surface area contributed by atoms with Crippen molar-refractivity contribution < 1.29 is 0 Å². The van der Waals surface area contributed by atoms with Crippen molar-refractivity contribution in [3.05, 3.63) is 50.1 Å². The molecule has 1 nitrogen and oxygen atoms in total. The van der Waals surface area contributed by atoms with Crippen LogP contribution >= 0.6 is 34.5 Å². The number of rotatable bonds is 3. The Morgan fingerprint density at radius 1 is 1.12 bits per heavy atom. The molecule has 0 spiro atoms. The predicted molar refractivity (Wildman–Crippen MR) is 77.6 cm³/mol.